The molecule has 0 radical (unpaired) electrons. The highest BCUT2D eigenvalue weighted by molar-refractivity contribution is 7.92. The van der Waals surface area contributed by atoms with Gasteiger partial charge in [-0.1, -0.05) is 42.8 Å². The van der Waals surface area contributed by atoms with Crippen molar-refractivity contribution in [2.75, 3.05) is 10.6 Å². The molecular formula is C22H30N2O3S. The first-order chi connectivity index (χ1) is 13.0. The second kappa shape index (κ2) is 8.78. The van der Waals surface area contributed by atoms with Gasteiger partial charge in [0, 0.05) is 0 Å². The van der Waals surface area contributed by atoms with Crippen LogP contribution in [-0.2, 0) is 14.8 Å². The van der Waals surface area contributed by atoms with Gasteiger partial charge in [-0.25, -0.2) is 8.42 Å². The average Bonchev–Trinajstić information content (AvgIpc) is 2.59. The summed E-state index contributed by atoms with van der Waals surface area (Å²) in [5.41, 5.74) is 4.75. The maximum Gasteiger partial charge on any atom is 0.244 e. The van der Waals surface area contributed by atoms with E-state index in [4.69, 9.17) is 0 Å². The van der Waals surface area contributed by atoms with Crippen LogP contribution in [0.3, 0.4) is 0 Å². The van der Waals surface area contributed by atoms with E-state index >= 15 is 0 Å². The van der Waals surface area contributed by atoms with Crippen molar-refractivity contribution >= 4 is 21.6 Å². The molecule has 0 heterocycles. The van der Waals surface area contributed by atoms with E-state index in [-0.39, 0.29) is 11.9 Å². The smallest absolute Gasteiger partial charge is 0.244 e. The van der Waals surface area contributed by atoms with E-state index in [0.29, 0.717) is 12.1 Å². The van der Waals surface area contributed by atoms with Gasteiger partial charge in [0.2, 0.25) is 15.9 Å². The topological polar surface area (TPSA) is 66.5 Å². The molecule has 0 unspecified atom stereocenters. The lowest BCUT2D eigenvalue weighted by molar-refractivity contribution is -0.122. The lowest BCUT2D eigenvalue weighted by atomic mass is 9.97. The van der Waals surface area contributed by atoms with Crippen LogP contribution in [0.4, 0.5) is 5.69 Å². The predicted octanol–water partition coefficient (Wildman–Crippen LogP) is 4.03. The van der Waals surface area contributed by atoms with Crippen LogP contribution in [0.25, 0.3) is 0 Å². The Kier molecular flexibility index (Phi) is 6.88. The number of aryl methyl sites for hydroxylation is 3. The van der Waals surface area contributed by atoms with Gasteiger partial charge in [-0.15, -0.1) is 0 Å². The summed E-state index contributed by atoms with van der Waals surface area (Å²) in [7, 11) is -3.63. The molecule has 2 atom stereocenters. The van der Waals surface area contributed by atoms with Crippen LogP contribution in [0.2, 0.25) is 0 Å². The number of rotatable bonds is 7. The summed E-state index contributed by atoms with van der Waals surface area (Å²) in [6.45, 7) is 9.57. The van der Waals surface area contributed by atoms with E-state index in [0.717, 1.165) is 22.9 Å². The van der Waals surface area contributed by atoms with Crippen LogP contribution in [0, 0.1) is 20.8 Å². The summed E-state index contributed by atoms with van der Waals surface area (Å²) < 4.78 is 26.1. The van der Waals surface area contributed by atoms with E-state index in [1.807, 2.05) is 45.9 Å². The van der Waals surface area contributed by atoms with Crippen molar-refractivity contribution in [1.29, 1.82) is 0 Å². The highest BCUT2D eigenvalue weighted by Gasteiger charge is 2.30. The summed E-state index contributed by atoms with van der Waals surface area (Å²) in [4.78, 5) is 13.0. The first kappa shape index (κ1) is 22.0. The third kappa shape index (κ3) is 5.13. The molecule has 28 heavy (non-hydrogen) atoms. The number of carbonyl (C=O) groups excluding carboxylic acids is 1. The number of nitrogens with one attached hydrogen (secondary N) is 1. The van der Waals surface area contributed by atoms with Gasteiger partial charge in [0.05, 0.1) is 18.0 Å². The minimum absolute atomic E-state index is 0.172. The lowest BCUT2D eigenvalue weighted by Crippen LogP contribution is -2.48. The Morgan fingerprint density at radius 1 is 1.07 bits per heavy atom. The predicted molar refractivity (Wildman–Crippen MR) is 115 cm³/mol. The Bertz CT molecular complexity index is 954. The average molecular weight is 403 g/mol. The molecule has 6 heteroatoms. The number of carbonyl (C=O) groups is 1. The number of hydrogen-bond acceptors (Lipinski definition) is 3. The molecule has 0 spiro atoms. The Balaban J connectivity index is 2.31. The van der Waals surface area contributed by atoms with Gasteiger partial charge in [-0.05, 0) is 62.9 Å². The minimum atomic E-state index is -3.63. The summed E-state index contributed by atoms with van der Waals surface area (Å²) in [6, 6.07) is 12.3. The molecule has 1 amide bonds. The quantitative estimate of drug-likeness (QED) is 0.760. The maximum atomic E-state index is 13.0. The number of nitrogens with zero attached hydrogens (tertiary/aromatic N) is 1. The van der Waals surface area contributed by atoms with Crippen molar-refractivity contribution in [3.63, 3.8) is 0 Å². The normalized spacial score (nSPS) is 13.6. The molecule has 2 rings (SSSR count). The van der Waals surface area contributed by atoms with Crippen LogP contribution in [-0.4, -0.2) is 26.6 Å². The van der Waals surface area contributed by atoms with Gasteiger partial charge < -0.3 is 5.32 Å². The van der Waals surface area contributed by atoms with E-state index in [9.17, 15) is 13.2 Å². The summed E-state index contributed by atoms with van der Waals surface area (Å²) in [5, 5.41) is 3.03. The van der Waals surface area contributed by atoms with Crippen molar-refractivity contribution in [2.45, 2.75) is 53.1 Å². The highest BCUT2D eigenvalue weighted by atomic mass is 32.2. The fourth-order valence-electron chi connectivity index (χ4n) is 3.48. The summed E-state index contributed by atoms with van der Waals surface area (Å²) in [5.74, 6) is -0.321. The molecule has 0 aliphatic heterocycles. The van der Waals surface area contributed by atoms with Crippen molar-refractivity contribution in [3.8, 4) is 0 Å². The molecule has 0 bridgehead atoms. The van der Waals surface area contributed by atoms with Crippen molar-refractivity contribution in [3.05, 3.63) is 64.7 Å². The molecule has 0 aliphatic rings. The van der Waals surface area contributed by atoms with Gasteiger partial charge >= 0.3 is 0 Å². The fourth-order valence-corrected chi connectivity index (χ4v) is 4.65. The Labute approximate surface area is 168 Å². The van der Waals surface area contributed by atoms with Gasteiger partial charge in [0.15, 0.2) is 0 Å². The zero-order valence-electron chi connectivity index (χ0n) is 17.5. The third-order valence-corrected chi connectivity index (χ3v) is 6.11. The SMILES string of the molecule is CC[C@@H](NC(=O)[C@@H](C)N(c1cccc(C)c1)S(C)(=O)=O)c1ccc(C)cc1C. The number of amides is 1. The van der Waals surface area contributed by atoms with Crippen LogP contribution in [0.5, 0.6) is 0 Å². The summed E-state index contributed by atoms with van der Waals surface area (Å²) in [6.07, 6.45) is 1.84. The second-order valence-corrected chi connectivity index (χ2v) is 9.26. The Morgan fingerprint density at radius 2 is 1.71 bits per heavy atom. The number of hydrogen-bond donors (Lipinski definition) is 1. The van der Waals surface area contributed by atoms with E-state index < -0.39 is 16.1 Å². The van der Waals surface area contributed by atoms with Gasteiger partial charge in [-0.3, -0.25) is 9.10 Å². The second-order valence-electron chi connectivity index (χ2n) is 7.40. The molecular weight excluding hydrogens is 372 g/mol. The molecule has 5 nitrogen and oxygen atoms in total. The molecule has 152 valence electrons. The number of sulfonamides is 1. The van der Waals surface area contributed by atoms with Gasteiger partial charge in [0.25, 0.3) is 0 Å². The number of anilines is 1. The van der Waals surface area contributed by atoms with E-state index in [2.05, 4.69) is 11.4 Å². The van der Waals surface area contributed by atoms with Gasteiger partial charge in [-0.2, -0.15) is 0 Å². The van der Waals surface area contributed by atoms with E-state index in [1.165, 1.54) is 9.87 Å². The molecule has 0 aliphatic carbocycles. The fraction of sp³-hybridized carbons (Fsp3) is 0.409. The Hall–Kier alpha value is -2.34. The van der Waals surface area contributed by atoms with Crippen LogP contribution < -0.4 is 9.62 Å². The minimum Gasteiger partial charge on any atom is -0.347 e. The van der Waals surface area contributed by atoms with Crippen LogP contribution >= 0.6 is 0 Å². The molecule has 0 saturated carbocycles. The maximum absolute atomic E-state index is 13.0. The van der Waals surface area contributed by atoms with Crippen molar-refractivity contribution < 1.29 is 13.2 Å². The summed E-state index contributed by atoms with van der Waals surface area (Å²) >= 11 is 0. The van der Waals surface area contributed by atoms with E-state index in [1.54, 1.807) is 25.1 Å². The zero-order chi connectivity index (χ0) is 21.1. The van der Waals surface area contributed by atoms with Crippen molar-refractivity contribution in [1.82, 2.24) is 5.32 Å². The molecule has 0 fully saturated rings. The molecule has 2 aromatic rings. The standard InChI is InChI=1S/C22H30N2O3S/c1-7-21(20-12-11-16(3)13-17(20)4)23-22(25)18(5)24(28(6,26)27)19-10-8-9-15(2)14-19/h8-14,18,21H,7H2,1-6H3,(H,23,25)/t18-,21-/m1/s1. The van der Waals surface area contributed by atoms with Crippen molar-refractivity contribution in [2.24, 2.45) is 0 Å². The highest BCUT2D eigenvalue weighted by Crippen LogP contribution is 2.25. The number of benzene rings is 2. The van der Waals surface area contributed by atoms with Gasteiger partial charge in [0.1, 0.15) is 6.04 Å². The van der Waals surface area contributed by atoms with Crippen LogP contribution in [0.15, 0.2) is 42.5 Å². The zero-order valence-corrected chi connectivity index (χ0v) is 18.3. The molecule has 1 N–H and O–H groups in total. The molecule has 0 saturated heterocycles. The first-order valence-electron chi connectivity index (χ1n) is 9.48. The van der Waals surface area contributed by atoms with Crippen LogP contribution in [0.1, 0.15) is 48.6 Å². The molecule has 2 aromatic carbocycles. The molecule has 0 aromatic heterocycles. The monoisotopic (exact) mass is 402 g/mol. The largest absolute Gasteiger partial charge is 0.347 e. The Morgan fingerprint density at radius 3 is 2.25 bits per heavy atom. The third-order valence-electron chi connectivity index (χ3n) is 4.87. The first-order valence-corrected chi connectivity index (χ1v) is 11.3. The lowest BCUT2D eigenvalue weighted by Gasteiger charge is -2.30.